The van der Waals surface area contributed by atoms with Gasteiger partial charge in [0.15, 0.2) is 5.58 Å². The highest BCUT2D eigenvalue weighted by Gasteiger charge is 2.31. The van der Waals surface area contributed by atoms with E-state index in [-0.39, 0.29) is 11.7 Å². The zero-order valence-corrected chi connectivity index (χ0v) is 17.7. The second kappa shape index (κ2) is 8.30. The van der Waals surface area contributed by atoms with E-state index in [4.69, 9.17) is 4.52 Å². The molecule has 3 heterocycles. The molecule has 162 valence electrons. The lowest BCUT2D eigenvalue weighted by Crippen LogP contribution is -2.50. The van der Waals surface area contributed by atoms with E-state index in [1.807, 2.05) is 12.1 Å². The van der Waals surface area contributed by atoms with Crippen LogP contribution in [0.25, 0.3) is 11.0 Å². The van der Waals surface area contributed by atoms with Crippen LogP contribution < -0.4 is 10.2 Å². The van der Waals surface area contributed by atoms with Crippen molar-refractivity contribution in [3.63, 3.8) is 0 Å². The number of nitrogens with zero attached hydrogens (tertiary/aromatic N) is 3. The molecule has 7 heteroatoms. The first kappa shape index (κ1) is 20.0. The van der Waals surface area contributed by atoms with Gasteiger partial charge in [-0.05, 0) is 62.9 Å². The van der Waals surface area contributed by atoms with Crippen LogP contribution in [0.5, 0.6) is 0 Å². The van der Waals surface area contributed by atoms with Gasteiger partial charge in [0, 0.05) is 30.6 Å². The molecule has 0 spiro atoms. The number of carbonyl (C=O) groups is 1. The van der Waals surface area contributed by atoms with Crippen LogP contribution in [0.1, 0.15) is 30.5 Å². The summed E-state index contributed by atoms with van der Waals surface area (Å²) in [7, 11) is 0. The highest BCUT2D eigenvalue weighted by molar-refractivity contribution is 6.02. The monoisotopic (exact) mass is 422 g/mol. The Hall–Kier alpha value is -2.93. The number of hydrogen-bond donors (Lipinski definition) is 1. The number of aryl methyl sites for hydroxylation is 2. The summed E-state index contributed by atoms with van der Waals surface area (Å²) in [6.45, 7) is 5.59. The van der Waals surface area contributed by atoms with Gasteiger partial charge in [0.25, 0.3) is 0 Å². The molecule has 0 atom stereocenters. The Morgan fingerprint density at radius 2 is 2.06 bits per heavy atom. The van der Waals surface area contributed by atoms with Crippen LogP contribution in [-0.4, -0.2) is 48.2 Å². The van der Waals surface area contributed by atoms with Gasteiger partial charge in [-0.1, -0.05) is 17.3 Å². The van der Waals surface area contributed by atoms with E-state index in [1.54, 1.807) is 6.07 Å². The van der Waals surface area contributed by atoms with Crippen molar-refractivity contribution >= 4 is 28.3 Å². The summed E-state index contributed by atoms with van der Waals surface area (Å²) in [6.07, 6.45) is 3.90. The molecule has 2 aromatic carbocycles. The normalized spacial score (nSPS) is 17.7. The maximum absolute atomic E-state index is 13.3. The third-order valence-corrected chi connectivity index (χ3v) is 6.51. The Morgan fingerprint density at radius 3 is 2.90 bits per heavy atom. The highest BCUT2D eigenvalue weighted by atomic mass is 19.1. The maximum Gasteiger partial charge on any atom is 0.243 e. The molecular weight excluding hydrogens is 395 g/mol. The van der Waals surface area contributed by atoms with Gasteiger partial charge in [-0.2, -0.15) is 0 Å². The number of fused-ring (bicyclic) bond motifs is 2. The molecule has 0 saturated carbocycles. The van der Waals surface area contributed by atoms with Crippen molar-refractivity contribution in [1.29, 1.82) is 0 Å². The largest absolute Gasteiger partial charge is 0.357 e. The molecule has 2 aliphatic rings. The number of benzene rings is 2. The highest BCUT2D eigenvalue weighted by Crippen LogP contribution is 2.36. The van der Waals surface area contributed by atoms with Crippen LogP contribution in [0.4, 0.5) is 15.8 Å². The number of likely N-dealkylation sites (tertiary alicyclic amines) is 1. The van der Waals surface area contributed by atoms with Gasteiger partial charge >= 0.3 is 0 Å². The molecule has 1 amide bonds. The smallest absolute Gasteiger partial charge is 0.243 e. The molecule has 1 fully saturated rings. The fraction of sp³-hybridized carbons (Fsp3) is 0.417. The SMILES string of the molecule is Cc1cccc2c1N(C1CCN(CCCc3noc4cc(F)ccc34)CC1)CC(=O)N2. The first-order valence-electron chi connectivity index (χ1n) is 11.0. The fourth-order valence-corrected chi connectivity index (χ4v) is 4.94. The lowest BCUT2D eigenvalue weighted by molar-refractivity contribution is -0.115. The van der Waals surface area contributed by atoms with E-state index in [0.29, 0.717) is 18.2 Å². The van der Waals surface area contributed by atoms with Crippen LogP contribution >= 0.6 is 0 Å². The number of anilines is 2. The Balaban J connectivity index is 1.16. The number of halogens is 1. The molecular formula is C24H27FN4O2. The minimum Gasteiger partial charge on any atom is -0.357 e. The summed E-state index contributed by atoms with van der Waals surface area (Å²) >= 11 is 0. The third kappa shape index (κ3) is 4.02. The molecule has 1 N–H and O–H groups in total. The number of rotatable bonds is 5. The third-order valence-electron chi connectivity index (χ3n) is 6.51. The molecule has 6 nitrogen and oxygen atoms in total. The molecule has 3 aromatic rings. The zero-order valence-electron chi connectivity index (χ0n) is 17.7. The summed E-state index contributed by atoms with van der Waals surface area (Å²) in [5, 5.41) is 8.03. The number of hydrogen-bond acceptors (Lipinski definition) is 5. The number of aromatic nitrogens is 1. The van der Waals surface area contributed by atoms with E-state index in [0.717, 1.165) is 62.1 Å². The summed E-state index contributed by atoms with van der Waals surface area (Å²) in [4.78, 5) is 17.0. The molecule has 0 unspecified atom stereocenters. The molecule has 0 bridgehead atoms. The molecule has 31 heavy (non-hydrogen) atoms. The Bertz CT molecular complexity index is 1100. The number of carbonyl (C=O) groups excluding carboxylic acids is 1. The predicted octanol–water partition coefficient (Wildman–Crippen LogP) is 4.13. The van der Waals surface area contributed by atoms with E-state index in [1.165, 1.54) is 23.4 Å². The topological polar surface area (TPSA) is 61.6 Å². The van der Waals surface area contributed by atoms with Gasteiger partial charge in [0.2, 0.25) is 5.91 Å². The molecule has 0 radical (unpaired) electrons. The molecule has 0 aliphatic carbocycles. The predicted molar refractivity (Wildman–Crippen MR) is 119 cm³/mol. The lowest BCUT2D eigenvalue weighted by atomic mass is 9.99. The minimum absolute atomic E-state index is 0.0697. The first-order valence-corrected chi connectivity index (χ1v) is 11.0. The van der Waals surface area contributed by atoms with Crippen LogP contribution in [0.3, 0.4) is 0 Å². The number of para-hydroxylation sites is 1. The molecule has 1 saturated heterocycles. The lowest BCUT2D eigenvalue weighted by Gasteiger charge is -2.42. The standard InChI is InChI=1S/C24H27FN4O2/c1-16-4-2-5-21-24(16)29(15-23(30)26-21)18-9-12-28(13-10-18)11-3-6-20-19-8-7-17(25)14-22(19)31-27-20/h2,4-5,7-8,14,18H,3,6,9-13,15H2,1H3,(H,26,30). The molecule has 1 aromatic heterocycles. The summed E-state index contributed by atoms with van der Waals surface area (Å²) in [5.74, 6) is -0.234. The second-order valence-corrected chi connectivity index (χ2v) is 8.59. The van der Waals surface area contributed by atoms with Crippen LogP contribution in [0, 0.1) is 12.7 Å². The van der Waals surface area contributed by atoms with E-state index in [2.05, 4.69) is 33.3 Å². The van der Waals surface area contributed by atoms with E-state index < -0.39 is 0 Å². The van der Waals surface area contributed by atoms with Crippen molar-refractivity contribution in [2.24, 2.45) is 0 Å². The van der Waals surface area contributed by atoms with Crippen molar-refractivity contribution in [2.45, 2.75) is 38.6 Å². The quantitative estimate of drug-likeness (QED) is 0.670. The van der Waals surface area contributed by atoms with Gasteiger partial charge < -0.3 is 19.6 Å². The van der Waals surface area contributed by atoms with Crippen molar-refractivity contribution in [1.82, 2.24) is 10.1 Å². The van der Waals surface area contributed by atoms with Crippen LogP contribution in [0.15, 0.2) is 40.9 Å². The fourth-order valence-electron chi connectivity index (χ4n) is 4.94. The average Bonchev–Trinajstić information content (AvgIpc) is 3.15. The van der Waals surface area contributed by atoms with Gasteiger partial charge in [0.1, 0.15) is 5.82 Å². The van der Waals surface area contributed by atoms with Crippen molar-refractivity contribution < 1.29 is 13.7 Å². The minimum atomic E-state index is -0.304. The van der Waals surface area contributed by atoms with Gasteiger partial charge in [0.05, 0.1) is 23.6 Å². The van der Waals surface area contributed by atoms with Gasteiger partial charge in [-0.15, -0.1) is 0 Å². The van der Waals surface area contributed by atoms with Crippen molar-refractivity contribution in [3.8, 4) is 0 Å². The Kier molecular flexibility index (Phi) is 5.36. The Labute approximate surface area is 181 Å². The first-order chi connectivity index (χ1) is 15.1. The van der Waals surface area contributed by atoms with Crippen LogP contribution in [-0.2, 0) is 11.2 Å². The van der Waals surface area contributed by atoms with E-state index in [9.17, 15) is 9.18 Å². The van der Waals surface area contributed by atoms with Crippen molar-refractivity contribution in [2.75, 3.05) is 36.4 Å². The summed E-state index contributed by atoms with van der Waals surface area (Å²) < 4.78 is 18.6. The number of amides is 1. The Morgan fingerprint density at radius 1 is 1.23 bits per heavy atom. The maximum atomic E-state index is 13.3. The van der Waals surface area contributed by atoms with Crippen LogP contribution in [0.2, 0.25) is 0 Å². The number of piperidine rings is 1. The molecule has 5 rings (SSSR count). The van der Waals surface area contributed by atoms with Gasteiger partial charge in [-0.3, -0.25) is 4.79 Å². The van der Waals surface area contributed by atoms with Gasteiger partial charge in [-0.25, -0.2) is 4.39 Å². The summed E-state index contributed by atoms with van der Waals surface area (Å²) in [5.41, 5.74) is 4.72. The summed E-state index contributed by atoms with van der Waals surface area (Å²) in [6, 6.07) is 11.1. The average molecular weight is 423 g/mol. The van der Waals surface area contributed by atoms with E-state index >= 15 is 0 Å². The zero-order chi connectivity index (χ0) is 21.4. The second-order valence-electron chi connectivity index (χ2n) is 8.59. The molecule has 2 aliphatic heterocycles. The van der Waals surface area contributed by atoms with Crippen molar-refractivity contribution in [3.05, 3.63) is 53.5 Å². The number of nitrogens with one attached hydrogen (secondary N) is 1.